The molecule has 160 valence electrons. The third-order valence-corrected chi connectivity index (χ3v) is 5.88. The Morgan fingerprint density at radius 1 is 1.23 bits per heavy atom. The van der Waals surface area contributed by atoms with Crippen LogP contribution in [0, 0.1) is 0 Å². The summed E-state index contributed by atoms with van der Waals surface area (Å²) in [6.07, 6.45) is 10.3. The molecule has 1 aliphatic heterocycles. The van der Waals surface area contributed by atoms with Crippen LogP contribution in [0.5, 0.6) is 5.75 Å². The fraction of sp³-hybridized carbons (Fsp3) is 0.333. The number of furan rings is 1. The zero-order chi connectivity index (χ0) is 21.2. The molecule has 31 heavy (non-hydrogen) atoms. The van der Waals surface area contributed by atoms with E-state index in [0.29, 0.717) is 23.2 Å². The summed E-state index contributed by atoms with van der Waals surface area (Å²) >= 11 is 0. The number of nitrogen functional groups attached to an aromatic ring is 1. The Morgan fingerprint density at radius 2 is 2.03 bits per heavy atom. The average molecular weight is 418 g/mol. The Hall–Kier alpha value is -3.32. The summed E-state index contributed by atoms with van der Waals surface area (Å²) in [5, 5.41) is 8.88. The molecule has 1 saturated heterocycles. The van der Waals surface area contributed by atoms with Crippen LogP contribution in [0.15, 0.2) is 59.6 Å². The summed E-state index contributed by atoms with van der Waals surface area (Å²) in [5.41, 5.74) is 9.94. The van der Waals surface area contributed by atoms with Crippen molar-refractivity contribution in [2.45, 2.75) is 38.3 Å². The van der Waals surface area contributed by atoms with Crippen LogP contribution < -0.4 is 15.8 Å². The molecule has 3 N–H and O–H groups in total. The molecule has 3 aromatic heterocycles. The fourth-order valence-corrected chi connectivity index (χ4v) is 4.25. The smallest absolute Gasteiger partial charge is 0.205 e. The minimum Gasteiger partial charge on any atom is -0.483 e. The highest BCUT2D eigenvalue weighted by atomic mass is 16.5. The minimum absolute atomic E-state index is 0.0756. The van der Waals surface area contributed by atoms with Crippen molar-refractivity contribution >= 4 is 16.8 Å². The van der Waals surface area contributed by atoms with E-state index in [9.17, 15) is 0 Å². The topological polar surface area (TPSA) is 91.1 Å². The summed E-state index contributed by atoms with van der Waals surface area (Å²) in [5.74, 6) is 0.830. The minimum atomic E-state index is -0.0756. The van der Waals surface area contributed by atoms with E-state index in [1.54, 1.807) is 12.5 Å². The fourth-order valence-electron chi connectivity index (χ4n) is 4.25. The highest BCUT2D eigenvalue weighted by molar-refractivity contribution is 5.97. The van der Waals surface area contributed by atoms with E-state index >= 15 is 0 Å². The van der Waals surface area contributed by atoms with Gasteiger partial charge in [-0.1, -0.05) is 30.3 Å². The number of nitrogens with one attached hydrogen (secondary N) is 1. The summed E-state index contributed by atoms with van der Waals surface area (Å²) in [7, 11) is 0. The summed E-state index contributed by atoms with van der Waals surface area (Å²) < 4.78 is 14.2. The van der Waals surface area contributed by atoms with Crippen molar-refractivity contribution in [2.24, 2.45) is 0 Å². The van der Waals surface area contributed by atoms with Crippen LogP contribution in [0.3, 0.4) is 0 Å². The second-order valence-electron chi connectivity index (χ2n) is 8.17. The van der Waals surface area contributed by atoms with Crippen LogP contribution >= 0.6 is 0 Å². The molecule has 0 aliphatic carbocycles. The van der Waals surface area contributed by atoms with E-state index in [1.807, 2.05) is 31.3 Å². The molecule has 1 fully saturated rings. The van der Waals surface area contributed by atoms with Gasteiger partial charge in [0.05, 0.1) is 17.6 Å². The van der Waals surface area contributed by atoms with Crippen molar-refractivity contribution in [3.63, 3.8) is 0 Å². The third-order valence-electron chi connectivity index (χ3n) is 5.88. The molecule has 1 aliphatic rings. The number of nitrogens with two attached hydrogens (primary N) is 1. The van der Waals surface area contributed by atoms with Gasteiger partial charge in [-0.3, -0.25) is 4.68 Å². The lowest BCUT2D eigenvalue weighted by atomic mass is 10.1. The number of hydrogen-bond donors (Lipinski definition) is 2. The van der Waals surface area contributed by atoms with Crippen LogP contribution in [0.4, 0.5) is 5.82 Å². The Bertz CT molecular complexity index is 1160. The number of rotatable bonds is 6. The average Bonchev–Trinajstić information content (AvgIpc) is 3.44. The van der Waals surface area contributed by atoms with E-state index in [2.05, 4.69) is 38.4 Å². The van der Waals surface area contributed by atoms with Gasteiger partial charge in [-0.15, -0.1) is 0 Å². The van der Waals surface area contributed by atoms with E-state index in [4.69, 9.17) is 14.9 Å². The molecule has 7 nitrogen and oxygen atoms in total. The maximum Gasteiger partial charge on any atom is 0.205 e. The van der Waals surface area contributed by atoms with Gasteiger partial charge >= 0.3 is 0 Å². The molecule has 0 radical (unpaired) electrons. The highest BCUT2D eigenvalue weighted by Crippen LogP contribution is 2.38. The molecule has 0 spiro atoms. The zero-order valence-electron chi connectivity index (χ0n) is 17.6. The zero-order valence-corrected chi connectivity index (χ0v) is 17.6. The summed E-state index contributed by atoms with van der Waals surface area (Å²) in [4.78, 5) is 4.38. The Labute approximate surface area is 181 Å². The first-order valence-corrected chi connectivity index (χ1v) is 10.8. The quantitative estimate of drug-likeness (QED) is 0.488. The Morgan fingerprint density at radius 3 is 2.84 bits per heavy atom. The van der Waals surface area contributed by atoms with Gasteiger partial charge in [0.15, 0.2) is 11.4 Å². The van der Waals surface area contributed by atoms with Gasteiger partial charge in [-0.25, -0.2) is 4.98 Å². The van der Waals surface area contributed by atoms with Crippen molar-refractivity contribution in [1.82, 2.24) is 20.1 Å². The normalized spacial score (nSPS) is 15.9. The second-order valence-corrected chi connectivity index (χ2v) is 8.17. The molecule has 4 aromatic rings. The number of anilines is 1. The lowest BCUT2D eigenvalue weighted by Crippen LogP contribution is -2.29. The van der Waals surface area contributed by atoms with Gasteiger partial charge in [0, 0.05) is 29.9 Å². The standard InChI is InChI=1S/C24H27N5O2/c1-16(11-17-5-3-2-4-6-17)31-23-22-20(13-27-24(23)25)21(15-30-22)18-12-28-29(14-18)19-7-9-26-10-8-19/h2-6,12-16,19,26H,7-11H2,1H3,(H2,25,27)/t16-/m1/s1. The first-order valence-electron chi connectivity index (χ1n) is 10.8. The van der Waals surface area contributed by atoms with E-state index in [0.717, 1.165) is 48.9 Å². The van der Waals surface area contributed by atoms with Gasteiger partial charge in [-0.05, 0) is 38.4 Å². The number of nitrogens with zero attached hydrogens (tertiary/aromatic N) is 3. The van der Waals surface area contributed by atoms with Gasteiger partial charge in [0.25, 0.3) is 0 Å². The molecule has 5 rings (SSSR count). The first-order chi connectivity index (χ1) is 15.2. The molecule has 1 aromatic carbocycles. The number of benzene rings is 1. The number of pyridine rings is 1. The first kappa shape index (κ1) is 19.6. The Balaban J connectivity index is 1.41. The second kappa shape index (κ2) is 8.43. The largest absolute Gasteiger partial charge is 0.483 e. The number of hydrogen-bond acceptors (Lipinski definition) is 6. The van der Waals surface area contributed by atoms with Crippen molar-refractivity contribution in [1.29, 1.82) is 0 Å². The molecule has 0 bridgehead atoms. The number of aromatic nitrogens is 3. The molecule has 4 heterocycles. The number of fused-ring (bicyclic) bond motifs is 1. The van der Waals surface area contributed by atoms with Gasteiger partial charge < -0.3 is 20.2 Å². The molecule has 0 saturated carbocycles. The predicted molar refractivity (Wildman–Crippen MR) is 121 cm³/mol. The van der Waals surface area contributed by atoms with E-state index in [-0.39, 0.29) is 6.10 Å². The lowest BCUT2D eigenvalue weighted by Gasteiger charge is -2.22. The summed E-state index contributed by atoms with van der Waals surface area (Å²) in [6.45, 7) is 4.08. The molecule has 7 heteroatoms. The highest BCUT2D eigenvalue weighted by Gasteiger charge is 2.21. The molecule has 0 amide bonds. The predicted octanol–water partition coefficient (Wildman–Crippen LogP) is 4.21. The number of ether oxygens (including phenoxy) is 1. The maximum atomic E-state index is 6.20. The van der Waals surface area contributed by atoms with Crippen LogP contribution in [0.1, 0.15) is 31.4 Å². The van der Waals surface area contributed by atoms with Crippen molar-refractivity contribution in [2.75, 3.05) is 18.8 Å². The maximum absolute atomic E-state index is 6.20. The van der Waals surface area contributed by atoms with E-state index < -0.39 is 0 Å². The van der Waals surface area contributed by atoms with Crippen LogP contribution in [-0.2, 0) is 6.42 Å². The molecule has 1 atom stereocenters. The van der Waals surface area contributed by atoms with Crippen molar-refractivity contribution in [3.8, 4) is 16.9 Å². The molecule has 0 unspecified atom stereocenters. The Kier molecular flexibility index (Phi) is 5.34. The van der Waals surface area contributed by atoms with Gasteiger partial charge in [-0.2, -0.15) is 5.10 Å². The summed E-state index contributed by atoms with van der Waals surface area (Å²) in [6, 6.07) is 10.7. The van der Waals surface area contributed by atoms with Gasteiger partial charge in [0.2, 0.25) is 5.75 Å². The van der Waals surface area contributed by atoms with E-state index in [1.165, 1.54) is 5.56 Å². The molecular formula is C24H27N5O2. The van der Waals surface area contributed by atoms with Crippen LogP contribution in [0.2, 0.25) is 0 Å². The lowest BCUT2D eigenvalue weighted by molar-refractivity contribution is 0.223. The SMILES string of the molecule is C[C@H](Cc1ccccc1)Oc1c(N)ncc2c(-c3cnn(C4CCNCC4)c3)coc12. The van der Waals surface area contributed by atoms with Crippen LogP contribution in [-0.4, -0.2) is 34.0 Å². The molecular weight excluding hydrogens is 390 g/mol. The van der Waals surface area contributed by atoms with Crippen molar-refractivity contribution in [3.05, 3.63) is 60.7 Å². The van der Waals surface area contributed by atoms with Gasteiger partial charge in [0.1, 0.15) is 12.4 Å². The van der Waals surface area contributed by atoms with Crippen LogP contribution in [0.25, 0.3) is 22.1 Å². The van der Waals surface area contributed by atoms with Crippen molar-refractivity contribution < 1.29 is 9.15 Å². The monoisotopic (exact) mass is 417 g/mol. The number of piperidine rings is 1. The third kappa shape index (κ3) is 4.01.